The third-order valence-electron chi connectivity index (χ3n) is 4.24. The van der Waals surface area contributed by atoms with Crippen LogP contribution in [0.5, 0.6) is 0 Å². The molecule has 6 nitrogen and oxygen atoms in total. The Kier molecular flexibility index (Phi) is 10.5. The van der Waals surface area contributed by atoms with E-state index < -0.39 is 0 Å². The third-order valence-corrected chi connectivity index (χ3v) is 4.73. The fourth-order valence-electron chi connectivity index (χ4n) is 2.88. The molecule has 1 saturated heterocycles. The molecule has 0 spiro atoms. The lowest BCUT2D eigenvalue weighted by Gasteiger charge is -2.33. The molecule has 0 saturated carbocycles. The minimum Gasteiger partial charge on any atom is -0.378 e. The molecule has 0 bridgehead atoms. The van der Waals surface area contributed by atoms with Crippen molar-refractivity contribution in [2.75, 3.05) is 38.6 Å². The zero-order valence-corrected chi connectivity index (χ0v) is 19.5. The van der Waals surface area contributed by atoms with Crippen molar-refractivity contribution in [3.8, 4) is 0 Å². The molecule has 26 heavy (non-hydrogen) atoms. The molecule has 1 aromatic rings. The Balaban J connectivity index is 0.00000338. The molecular formula is C18H28BrIN4O2. The zero-order valence-electron chi connectivity index (χ0n) is 15.5. The average molecular weight is 539 g/mol. The van der Waals surface area contributed by atoms with Crippen molar-refractivity contribution >= 4 is 57.5 Å². The Bertz CT molecular complexity index is 619. The lowest BCUT2D eigenvalue weighted by molar-refractivity contribution is -0.115. The molecule has 1 aliphatic rings. The number of benzene rings is 1. The van der Waals surface area contributed by atoms with E-state index >= 15 is 0 Å². The van der Waals surface area contributed by atoms with Crippen LogP contribution in [-0.2, 0) is 9.53 Å². The molecular weight excluding hydrogens is 511 g/mol. The number of anilines is 1. The summed E-state index contributed by atoms with van der Waals surface area (Å²) in [6.07, 6.45) is 2.30. The van der Waals surface area contributed by atoms with E-state index in [0.717, 1.165) is 54.2 Å². The Hall–Kier alpha value is -0.870. The molecule has 1 amide bonds. The van der Waals surface area contributed by atoms with E-state index in [-0.39, 0.29) is 36.4 Å². The summed E-state index contributed by atoms with van der Waals surface area (Å²) in [5.41, 5.74) is 1.84. The summed E-state index contributed by atoms with van der Waals surface area (Å²) in [5, 5.41) is 6.08. The topological polar surface area (TPSA) is 66.0 Å². The van der Waals surface area contributed by atoms with E-state index in [4.69, 9.17) is 4.74 Å². The van der Waals surface area contributed by atoms with Crippen molar-refractivity contribution in [1.82, 2.24) is 10.2 Å². The summed E-state index contributed by atoms with van der Waals surface area (Å²) in [6.45, 7) is 6.71. The summed E-state index contributed by atoms with van der Waals surface area (Å²) in [4.78, 5) is 18.7. The highest BCUT2D eigenvalue weighted by molar-refractivity contribution is 14.0. The molecule has 1 aliphatic heterocycles. The molecule has 0 aromatic heterocycles. The first-order chi connectivity index (χ1) is 12.0. The van der Waals surface area contributed by atoms with Gasteiger partial charge in [0.1, 0.15) is 0 Å². The van der Waals surface area contributed by atoms with Crippen LogP contribution < -0.4 is 10.6 Å². The number of carbonyl (C=O) groups is 1. The van der Waals surface area contributed by atoms with Gasteiger partial charge in [-0.2, -0.15) is 0 Å². The normalized spacial score (nSPS) is 15.4. The number of aryl methyl sites for hydroxylation is 1. The smallest absolute Gasteiger partial charge is 0.243 e. The Morgan fingerprint density at radius 1 is 1.38 bits per heavy atom. The van der Waals surface area contributed by atoms with Crippen molar-refractivity contribution in [2.45, 2.75) is 32.8 Å². The van der Waals surface area contributed by atoms with Gasteiger partial charge < -0.3 is 20.3 Å². The Labute approximate surface area is 181 Å². The summed E-state index contributed by atoms with van der Waals surface area (Å²) in [6, 6.07) is 5.83. The molecule has 1 fully saturated rings. The number of amides is 1. The number of piperidine rings is 1. The molecule has 2 rings (SSSR count). The predicted octanol–water partition coefficient (Wildman–Crippen LogP) is 3.39. The number of hydrogen-bond acceptors (Lipinski definition) is 3. The van der Waals surface area contributed by atoms with Crippen LogP contribution in [0.25, 0.3) is 0 Å². The molecule has 1 aromatic carbocycles. The van der Waals surface area contributed by atoms with Crippen molar-refractivity contribution in [1.29, 1.82) is 0 Å². The van der Waals surface area contributed by atoms with E-state index in [1.807, 2.05) is 32.0 Å². The van der Waals surface area contributed by atoms with Gasteiger partial charge in [-0.15, -0.1) is 24.0 Å². The van der Waals surface area contributed by atoms with Crippen LogP contribution in [0.4, 0.5) is 5.69 Å². The number of carbonyl (C=O) groups excluding carboxylic acids is 1. The number of likely N-dealkylation sites (tertiary alicyclic amines) is 1. The molecule has 0 atom stereocenters. The highest BCUT2D eigenvalue weighted by Gasteiger charge is 2.21. The van der Waals surface area contributed by atoms with E-state index in [0.29, 0.717) is 6.10 Å². The summed E-state index contributed by atoms with van der Waals surface area (Å²) < 4.78 is 6.61. The molecule has 2 N–H and O–H groups in total. The van der Waals surface area contributed by atoms with Crippen molar-refractivity contribution < 1.29 is 9.53 Å². The maximum Gasteiger partial charge on any atom is 0.243 e. The SMILES string of the molecule is CCOC1CCN(C(=NC)NCC(=O)Nc2cc(Br)ccc2C)CC1.I. The first kappa shape index (κ1) is 23.2. The standard InChI is InChI=1S/C18H27BrN4O2.HI/c1-4-25-15-7-9-23(10-8-15)18(20-3)21-12-17(24)22-16-11-14(19)6-5-13(16)2;/h5-6,11,15H,4,7-10,12H2,1-3H3,(H,20,21)(H,22,24);1H. The van der Waals surface area contributed by atoms with Gasteiger partial charge in [0.05, 0.1) is 12.6 Å². The largest absolute Gasteiger partial charge is 0.378 e. The van der Waals surface area contributed by atoms with Gasteiger partial charge in [0.15, 0.2) is 5.96 Å². The van der Waals surface area contributed by atoms with E-state index in [9.17, 15) is 4.79 Å². The van der Waals surface area contributed by atoms with Gasteiger partial charge in [-0.25, -0.2) is 0 Å². The monoisotopic (exact) mass is 538 g/mol. The number of guanidine groups is 1. The van der Waals surface area contributed by atoms with E-state index in [2.05, 4.69) is 36.5 Å². The lowest BCUT2D eigenvalue weighted by Crippen LogP contribution is -2.48. The van der Waals surface area contributed by atoms with Gasteiger partial charge in [-0.3, -0.25) is 9.79 Å². The number of nitrogens with one attached hydrogen (secondary N) is 2. The second-order valence-corrected chi connectivity index (χ2v) is 6.97. The number of halogens is 2. The summed E-state index contributed by atoms with van der Waals surface area (Å²) >= 11 is 3.42. The van der Waals surface area contributed by atoms with Crippen molar-refractivity contribution in [2.24, 2.45) is 4.99 Å². The minimum absolute atomic E-state index is 0. The van der Waals surface area contributed by atoms with E-state index in [1.54, 1.807) is 7.05 Å². The fraction of sp³-hybridized carbons (Fsp3) is 0.556. The lowest BCUT2D eigenvalue weighted by atomic mass is 10.1. The second kappa shape index (κ2) is 11.8. The van der Waals surface area contributed by atoms with Crippen molar-refractivity contribution in [3.05, 3.63) is 28.2 Å². The number of aliphatic imine (C=N–C) groups is 1. The van der Waals surface area contributed by atoms with Gasteiger partial charge in [0.25, 0.3) is 0 Å². The number of rotatable bonds is 5. The molecule has 8 heteroatoms. The quantitative estimate of drug-likeness (QED) is 0.342. The van der Waals surface area contributed by atoms with Crippen LogP contribution in [0.1, 0.15) is 25.3 Å². The fourth-order valence-corrected chi connectivity index (χ4v) is 3.25. The van der Waals surface area contributed by atoms with Crippen LogP contribution >= 0.6 is 39.9 Å². The van der Waals surface area contributed by atoms with Crippen LogP contribution in [0.15, 0.2) is 27.7 Å². The van der Waals surface area contributed by atoms with Gasteiger partial charge in [-0.05, 0) is 44.4 Å². The summed E-state index contributed by atoms with van der Waals surface area (Å²) in [5.74, 6) is 0.669. The zero-order chi connectivity index (χ0) is 18.2. The second-order valence-electron chi connectivity index (χ2n) is 6.05. The van der Waals surface area contributed by atoms with Gasteiger partial charge >= 0.3 is 0 Å². The van der Waals surface area contributed by atoms with Crippen LogP contribution in [-0.4, -0.2) is 56.2 Å². The highest BCUT2D eigenvalue weighted by atomic mass is 127. The molecule has 1 heterocycles. The first-order valence-electron chi connectivity index (χ1n) is 8.66. The number of nitrogens with zero attached hydrogens (tertiary/aromatic N) is 2. The number of hydrogen-bond donors (Lipinski definition) is 2. The maximum atomic E-state index is 12.2. The molecule has 0 radical (unpaired) electrons. The van der Waals surface area contributed by atoms with Crippen LogP contribution in [0.3, 0.4) is 0 Å². The third kappa shape index (κ3) is 7.03. The maximum absolute atomic E-state index is 12.2. The highest BCUT2D eigenvalue weighted by Crippen LogP contribution is 2.20. The van der Waals surface area contributed by atoms with E-state index in [1.165, 1.54) is 0 Å². The van der Waals surface area contributed by atoms with Crippen LogP contribution in [0.2, 0.25) is 0 Å². The average Bonchev–Trinajstić information content (AvgIpc) is 2.60. The van der Waals surface area contributed by atoms with Gasteiger partial charge in [-0.1, -0.05) is 22.0 Å². The Morgan fingerprint density at radius 3 is 2.69 bits per heavy atom. The first-order valence-corrected chi connectivity index (χ1v) is 9.46. The molecule has 0 unspecified atom stereocenters. The Morgan fingerprint density at radius 2 is 2.08 bits per heavy atom. The number of ether oxygens (including phenoxy) is 1. The van der Waals surface area contributed by atoms with Gasteiger partial charge in [0.2, 0.25) is 5.91 Å². The molecule has 146 valence electrons. The predicted molar refractivity (Wildman–Crippen MR) is 121 cm³/mol. The minimum atomic E-state index is -0.0912. The molecule has 0 aliphatic carbocycles. The summed E-state index contributed by atoms with van der Waals surface area (Å²) in [7, 11) is 1.74. The van der Waals surface area contributed by atoms with Gasteiger partial charge in [0, 0.05) is 36.9 Å². The van der Waals surface area contributed by atoms with Crippen molar-refractivity contribution in [3.63, 3.8) is 0 Å². The van der Waals surface area contributed by atoms with Crippen LogP contribution in [0, 0.1) is 6.92 Å².